The van der Waals surface area contributed by atoms with Crippen LogP contribution in [0.1, 0.15) is 5.69 Å². The lowest BCUT2D eigenvalue weighted by atomic mass is 10.1. The van der Waals surface area contributed by atoms with Crippen molar-refractivity contribution < 1.29 is 18.1 Å². The van der Waals surface area contributed by atoms with Crippen LogP contribution in [0, 0.1) is 10.1 Å². The molecular weight excluding hydrogens is 289 g/mol. The summed E-state index contributed by atoms with van der Waals surface area (Å²) in [4.78, 5) is 17.7. The summed E-state index contributed by atoms with van der Waals surface area (Å²) in [6.45, 7) is 0. The van der Waals surface area contributed by atoms with Crippen LogP contribution in [0.4, 0.5) is 24.5 Å². The maximum absolute atomic E-state index is 12.5. The molecule has 0 unspecified atom stereocenters. The predicted octanol–water partition coefficient (Wildman–Crippen LogP) is 3.07. The van der Waals surface area contributed by atoms with Gasteiger partial charge < -0.3 is 9.88 Å². The molecular formula is C12H11F3N4O2. The van der Waals surface area contributed by atoms with Crippen LogP contribution in [-0.2, 0) is 6.18 Å². The zero-order valence-corrected chi connectivity index (χ0v) is 11.1. The number of aromatic nitrogens is 2. The maximum atomic E-state index is 12.5. The SMILES string of the molecule is CN(C)c1ccc(-c2ncc(C(F)(F)F)[nH]2)cc1[N+](=O)[O-]. The molecule has 0 atom stereocenters. The van der Waals surface area contributed by atoms with E-state index in [4.69, 9.17) is 0 Å². The van der Waals surface area contributed by atoms with E-state index >= 15 is 0 Å². The zero-order chi connectivity index (χ0) is 15.8. The lowest BCUT2D eigenvalue weighted by Gasteiger charge is -2.13. The Bertz CT molecular complexity index is 679. The molecule has 2 rings (SSSR count). The van der Waals surface area contributed by atoms with Crippen molar-refractivity contribution in [1.82, 2.24) is 9.97 Å². The zero-order valence-electron chi connectivity index (χ0n) is 11.1. The molecule has 0 aliphatic rings. The van der Waals surface area contributed by atoms with Crippen LogP contribution in [0.2, 0.25) is 0 Å². The highest BCUT2D eigenvalue weighted by Gasteiger charge is 2.33. The van der Waals surface area contributed by atoms with Crippen molar-refractivity contribution >= 4 is 11.4 Å². The maximum Gasteiger partial charge on any atom is 0.432 e. The number of aromatic amines is 1. The van der Waals surface area contributed by atoms with E-state index in [9.17, 15) is 23.3 Å². The summed E-state index contributed by atoms with van der Waals surface area (Å²) in [6.07, 6.45) is -3.89. The topological polar surface area (TPSA) is 75.1 Å². The highest BCUT2D eigenvalue weighted by Crippen LogP contribution is 2.33. The number of nitro benzene ring substituents is 1. The molecule has 0 bridgehead atoms. The summed E-state index contributed by atoms with van der Waals surface area (Å²) in [7, 11) is 3.27. The van der Waals surface area contributed by atoms with Crippen LogP contribution in [0.25, 0.3) is 11.4 Å². The minimum atomic E-state index is -4.54. The third kappa shape index (κ3) is 2.96. The molecule has 2 aromatic rings. The Labute approximate surface area is 117 Å². The molecule has 1 aromatic carbocycles. The average molecular weight is 300 g/mol. The first-order valence-corrected chi connectivity index (χ1v) is 5.78. The van der Waals surface area contributed by atoms with Gasteiger partial charge in [0.05, 0.1) is 11.1 Å². The second-order valence-corrected chi connectivity index (χ2v) is 4.50. The standard InChI is InChI=1S/C12H11F3N4O2/c1-18(2)8-4-3-7(5-9(8)19(20)21)11-16-6-10(17-11)12(13,14)15/h3-6H,1-2H3,(H,16,17). The number of anilines is 1. The fourth-order valence-electron chi connectivity index (χ4n) is 1.81. The second kappa shape index (κ2) is 5.08. The number of alkyl halides is 3. The molecule has 0 saturated carbocycles. The van der Waals surface area contributed by atoms with Gasteiger partial charge in [0, 0.05) is 25.7 Å². The van der Waals surface area contributed by atoms with Crippen LogP contribution >= 0.6 is 0 Å². The van der Waals surface area contributed by atoms with Gasteiger partial charge in [0.15, 0.2) is 0 Å². The minimum absolute atomic E-state index is 0.0734. The van der Waals surface area contributed by atoms with Crippen molar-refractivity contribution in [2.24, 2.45) is 0 Å². The number of imidazole rings is 1. The van der Waals surface area contributed by atoms with E-state index in [1.54, 1.807) is 19.0 Å². The fraction of sp³-hybridized carbons (Fsp3) is 0.250. The van der Waals surface area contributed by atoms with E-state index in [1.165, 1.54) is 18.2 Å². The number of benzene rings is 1. The van der Waals surface area contributed by atoms with E-state index in [1.807, 2.05) is 0 Å². The van der Waals surface area contributed by atoms with Gasteiger partial charge in [-0.3, -0.25) is 10.1 Å². The second-order valence-electron chi connectivity index (χ2n) is 4.50. The first-order valence-electron chi connectivity index (χ1n) is 5.78. The Hall–Kier alpha value is -2.58. The van der Waals surface area contributed by atoms with E-state index in [2.05, 4.69) is 9.97 Å². The number of H-pyrrole nitrogens is 1. The Kier molecular flexibility index (Phi) is 3.58. The molecule has 9 heteroatoms. The first kappa shape index (κ1) is 14.8. The van der Waals surface area contributed by atoms with Crippen molar-refractivity contribution in [3.05, 3.63) is 40.2 Å². The van der Waals surface area contributed by atoms with Gasteiger partial charge >= 0.3 is 6.18 Å². The van der Waals surface area contributed by atoms with Crippen molar-refractivity contribution in [3.63, 3.8) is 0 Å². The summed E-state index contributed by atoms with van der Waals surface area (Å²) in [5, 5.41) is 11.0. The summed E-state index contributed by atoms with van der Waals surface area (Å²) in [5.41, 5.74) is -0.645. The monoisotopic (exact) mass is 300 g/mol. The first-order chi connectivity index (χ1) is 9.70. The summed E-state index contributed by atoms with van der Waals surface area (Å²) in [5.74, 6) is -0.0734. The molecule has 0 amide bonds. The van der Waals surface area contributed by atoms with Gasteiger partial charge in [-0.15, -0.1) is 0 Å². The van der Waals surface area contributed by atoms with E-state index in [-0.39, 0.29) is 17.1 Å². The molecule has 1 heterocycles. The molecule has 21 heavy (non-hydrogen) atoms. The molecule has 0 aliphatic carbocycles. The van der Waals surface area contributed by atoms with Crippen molar-refractivity contribution in [2.45, 2.75) is 6.18 Å². The van der Waals surface area contributed by atoms with Crippen LogP contribution in [0.15, 0.2) is 24.4 Å². The van der Waals surface area contributed by atoms with Crippen molar-refractivity contribution in [2.75, 3.05) is 19.0 Å². The van der Waals surface area contributed by atoms with Gasteiger partial charge in [0.2, 0.25) is 0 Å². The van der Waals surface area contributed by atoms with Crippen LogP contribution < -0.4 is 4.90 Å². The third-order valence-electron chi connectivity index (χ3n) is 2.81. The fourth-order valence-corrected chi connectivity index (χ4v) is 1.81. The Morgan fingerprint density at radius 1 is 1.33 bits per heavy atom. The van der Waals surface area contributed by atoms with Gasteiger partial charge in [-0.05, 0) is 12.1 Å². The Morgan fingerprint density at radius 3 is 2.48 bits per heavy atom. The number of nitrogens with one attached hydrogen (secondary N) is 1. The smallest absolute Gasteiger partial charge is 0.372 e. The molecule has 0 aliphatic heterocycles. The quantitative estimate of drug-likeness (QED) is 0.698. The molecule has 0 spiro atoms. The van der Waals surface area contributed by atoms with Crippen LogP contribution in [-0.4, -0.2) is 29.0 Å². The van der Waals surface area contributed by atoms with E-state index < -0.39 is 16.8 Å². The molecule has 0 saturated heterocycles. The third-order valence-corrected chi connectivity index (χ3v) is 2.81. The number of hydrogen-bond donors (Lipinski definition) is 1. The number of nitro groups is 1. The molecule has 0 fully saturated rings. The number of halogens is 3. The summed E-state index contributed by atoms with van der Waals surface area (Å²) >= 11 is 0. The van der Waals surface area contributed by atoms with Crippen LogP contribution in [0.3, 0.4) is 0 Å². The number of rotatable bonds is 3. The largest absolute Gasteiger partial charge is 0.432 e. The minimum Gasteiger partial charge on any atom is -0.372 e. The van der Waals surface area contributed by atoms with Gasteiger partial charge in [-0.2, -0.15) is 13.2 Å². The highest BCUT2D eigenvalue weighted by molar-refractivity contribution is 5.71. The Morgan fingerprint density at radius 2 is 2.00 bits per heavy atom. The lowest BCUT2D eigenvalue weighted by Crippen LogP contribution is -2.11. The van der Waals surface area contributed by atoms with Gasteiger partial charge in [0.1, 0.15) is 17.2 Å². The summed E-state index contributed by atoms with van der Waals surface area (Å²) < 4.78 is 37.5. The average Bonchev–Trinajstić information content (AvgIpc) is 2.87. The normalized spacial score (nSPS) is 11.5. The van der Waals surface area contributed by atoms with Crippen molar-refractivity contribution in [1.29, 1.82) is 0 Å². The van der Waals surface area contributed by atoms with E-state index in [0.717, 1.165) is 0 Å². The van der Waals surface area contributed by atoms with Gasteiger partial charge in [0.25, 0.3) is 5.69 Å². The number of nitrogens with zero attached hydrogens (tertiary/aromatic N) is 3. The van der Waals surface area contributed by atoms with E-state index in [0.29, 0.717) is 11.9 Å². The molecule has 1 aromatic heterocycles. The predicted molar refractivity (Wildman–Crippen MR) is 70.0 cm³/mol. The summed E-state index contributed by atoms with van der Waals surface area (Å²) in [6, 6.07) is 4.12. The van der Waals surface area contributed by atoms with Gasteiger partial charge in [-0.1, -0.05) is 0 Å². The number of hydrogen-bond acceptors (Lipinski definition) is 4. The lowest BCUT2D eigenvalue weighted by molar-refractivity contribution is -0.384. The molecule has 0 radical (unpaired) electrons. The van der Waals surface area contributed by atoms with Crippen molar-refractivity contribution in [3.8, 4) is 11.4 Å². The van der Waals surface area contributed by atoms with Crippen LogP contribution in [0.5, 0.6) is 0 Å². The molecule has 112 valence electrons. The molecule has 1 N–H and O–H groups in total. The van der Waals surface area contributed by atoms with Gasteiger partial charge in [-0.25, -0.2) is 4.98 Å². The molecule has 6 nitrogen and oxygen atoms in total. The highest BCUT2D eigenvalue weighted by atomic mass is 19.4. The Balaban J connectivity index is 2.48.